The quantitative estimate of drug-likeness (QED) is 0.657. The van der Waals surface area contributed by atoms with Gasteiger partial charge in [0.05, 0.1) is 0 Å². The zero-order chi connectivity index (χ0) is 10.0. The second-order valence-electron chi connectivity index (χ2n) is 5.41. The first-order valence-electron chi connectivity index (χ1n) is 6.54. The maximum absolute atomic E-state index is 3.79. The van der Waals surface area contributed by atoms with E-state index in [0.29, 0.717) is 0 Å². The summed E-state index contributed by atoms with van der Waals surface area (Å²) in [5, 5.41) is 3.79. The lowest BCUT2D eigenvalue weighted by atomic mass is 9.99. The Hall–Kier alpha value is -0.0400. The molecule has 0 saturated heterocycles. The third-order valence-corrected chi connectivity index (χ3v) is 4.21. The van der Waals surface area contributed by atoms with Gasteiger partial charge in [-0.05, 0) is 49.9 Å². The molecule has 1 heteroatoms. The van der Waals surface area contributed by atoms with Crippen LogP contribution in [0.4, 0.5) is 0 Å². The van der Waals surface area contributed by atoms with Crippen LogP contribution in [-0.2, 0) is 0 Å². The first-order chi connectivity index (χ1) is 6.80. The zero-order valence-corrected chi connectivity index (χ0v) is 9.81. The van der Waals surface area contributed by atoms with Crippen LogP contribution in [0.5, 0.6) is 0 Å². The molecule has 0 radical (unpaired) electrons. The van der Waals surface area contributed by atoms with E-state index >= 15 is 0 Å². The fourth-order valence-corrected chi connectivity index (χ4v) is 2.73. The van der Waals surface area contributed by atoms with Crippen LogP contribution in [0.2, 0.25) is 0 Å². The molecule has 0 aliphatic heterocycles. The average Bonchev–Trinajstić information content (AvgIpc) is 3.04. The molecule has 1 unspecified atom stereocenters. The van der Waals surface area contributed by atoms with Gasteiger partial charge in [-0.15, -0.1) is 0 Å². The normalized spacial score (nSPS) is 26.1. The number of hydrogen-bond donors (Lipinski definition) is 1. The second kappa shape index (κ2) is 4.22. The van der Waals surface area contributed by atoms with Gasteiger partial charge in [-0.3, -0.25) is 0 Å². The molecule has 0 spiro atoms. The summed E-state index contributed by atoms with van der Waals surface area (Å²) < 4.78 is 0. The predicted molar refractivity (Wildman–Crippen MR) is 61.4 cm³/mol. The van der Waals surface area contributed by atoms with Crippen LogP contribution in [0, 0.1) is 11.3 Å². The summed E-state index contributed by atoms with van der Waals surface area (Å²) in [4.78, 5) is 0. The van der Waals surface area contributed by atoms with E-state index < -0.39 is 0 Å². The largest absolute Gasteiger partial charge is 0.313 e. The molecule has 0 bridgehead atoms. The lowest BCUT2D eigenvalue weighted by Crippen LogP contribution is -2.34. The summed E-state index contributed by atoms with van der Waals surface area (Å²) in [6.45, 7) is 5.91. The highest BCUT2D eigenvalue weighted by atomic mass is 14.9. The first kappa shape index (κ1) is 10.5. The molecule has 2 fully saturated rings. The van der Waals surface area contributed by atoms with Crippen LogP contribution in [0.3, 0.4) is 0 Å². The van der Waals surface area contributed by atoms with Gasteiger partial charge in [-0.1, -0.05) is 20.3 Å². The van der Waals surface area contributed by atoms with E-state index in [0.717, 1.165) is 17.4 Å². The van der Waals surface area contributed by atoms with Crippen LogP contribution >= 0.6 is 0 Å². The Morgan fingerprint density at radius 3 is 2.43 bits per heavy atom. The van der Waals surface area contributed by atoms with E-state index in [9.17, 15) is 0 Å². The van der Waals surface area contributed by atoms with E-state index in [1.165, 1.54) is 51.5 Å². The zero-order valence-electron chi connectivity index (χ0n) is 9.81. The molecule has 2 aliphatic carbocycles. The van der Waals surface area contributed by atoms with Crippen molar-refractivity contribution in [2.24, 2.45) is 11.3 Å². The molecular formula is C13H25N. The Bertz CT molecular complexity index is 180. The predicted octanol–water partition coefficient (Wildman–Crippen LogP) is 3.34. The SMILES string of the molecule is CCCC(CC)NCC1(C2CC2)CC1. The maximum atomic E-state index is 3.79. The molecule has 82 valence electrons. The smallest absolute Gasteiger partial charge is 0.00645 e. The minimum Gasteiger partial charge on any atom is -0.313 e. The van der Waals surface area contributed by atoms with Gasteiger partial charge in [-0.2, -0.15) is 0 Å². The molecule has 0 aromatic rings. The van der Waals surface area contributed by atoms with Gasteiger partial charge in [0.1, 0.15) is 0 Å². The molecule has 14 heavy (non-hydrogen) atoms. The van der Waals surface area contributed by atoms with Crippen LogP contribution in [-0.4, -0.2) is 12.6 Å². The van der Waals surface area contributed by atoms with E-state index in [2.05, 4.69) is 19.2 Å². The van der Waals surface area contributed by atoms with Gasteiger partial charge in [0.2, 0.25) is 0 Å². The second-order valence-corrected chi connectivity index (χ2v) is 5.41. The first-order valence-corrected chi connectivity index (χ1v) is 6.54. The topological polar surface area (TPSA) is 12.0 Å². The fraction of sp³-hybridized carbons (Fsp3) is 1.00. The summed E-state index contributed by atoms with van der Waals surface area (Å²) in [6.07, 6.45) is 10.0. The summed E-state index contributed by atoms with van der Waals surface area (Å²) in [7, 11) is 0. The van der Waals surface area contributed by atoms with Crippen LogP contribution in [0.15, 0.2) is 0 Å². The highest BCUT2D eigenvalue weighted by Crippen LogP contribution is 2.60. The van der Waals surface area contributed by atoms with Crippen LogP contribution < -0.4 is 5.32 Å². The summed E-state index contributed by atoms with van der Waals surface area (Å²) in [6, 6.07) is 0.788. The molecule has 2 saturated carbocycles. The summed E-state index contributed by atoms with van der Waals surface area (Å²) in [5.41, 5.74) is 0.779. The molecule has 0 aromatic carbocycles. The van der Waals surface area contributed by atoms with Gasteiger partial charge in [-0.25, -0.2) is 0 Å². The summed E-state index contributed by atoms with van der Waals surface area (Å²) >= 11 is 0. The molecule has 0 amide bonds. The van der Waals surface area contributed by atoms with Gasteiger partial charge in [0.15, 0.2) is 0 Å². The molecule has 2 rings (SSSR count). The standard InChI is InChI=1S/C13H25N/c1-3-5-12(4-2)14-10-13(8-9-13)11-6-7-11/h11-12,14H,3-10H2,1-2H3. The molecule has 0 heterocycles. The van der Waals surface area contributed by atoms with Crippen LogP contribution in [0.25, 0.3) is 0 Å². The van der Waals surface area contributed by atoms with Crippen molar-refractivity contribution in [2.45, 2.75) is 64.8 Å². The highest BCUT2D eigenvalue weighted by molar-refractivity contribution is 5.05. The average molecular weight is 195 g/mol. The Morgan fingerprint density at radius 2 is 2.00 bits per heavy atom. The Kier molecular flexibility index (Phi) is 3.16. The van der Waals surface area contributed by atoms with Crippen molar-refractivity contribution < 1.29 is 0 Å². The van der Waals surface area contributed by atoms with Gasteiger partial charge >= 0.3 is 0 Å². The molecule has 1 nitrogen and oxygen atoms in total. The molecule has 2 aliphatic rings. The molecule has 1 N–H and O–H groups in total. The molecule has 0 aromatic heterocycles. The van der Waals surface area contributed by atoms with Crippen LogP contribution in [0.1, 0.15) is 58.8 Å². The minimum absolute atomic E-state index is 0.779. The van der Waals surface area contributed by atoms with Crippen molar-refractivity contribution in [3.05, 3.63) is 0 Å². The maximum Gasteiger partial charge on any atom is 0.00645 e. The van der Waals surface area contributed by atoms with Crippen molar-refractivity contribution in [1.29, 1.82) is 0 Å². The third kappa shape index (κ3) is 2.31. The van der Waals surface area contributed by atoms with E-state index in [-0.39, 0.29) is 0 Å². The van der Waals surface area contributed by atoms with Gasteiger partial charge < -0.3 is 5.32 Å². The minimum atomic E-state index is 0.779. The monoisotopic (exact) mass is 195 g/mol. The van der Waals surface area contributed by atoms with Gasteiger partial charge in [0, 0.05) is 12.6 Å². The lowest BCUT2D eigenvalue weighted by molar-refractivity contribution is 0.356. The number of rotatable bonds is 7. The van der Waals surface area contributed by atoms with Crippen molar-refractivity contribution >= 4 is 0 Å². The Morgan fingerprint density at radius 1 is 1.29 bits per heavy atom. The highest BCUT2D eigenvalue weighted by Gasteiger charge is 2.53. The molecular weight excluding hydrogens is 170 g/mol. The Labute approximate surface area is 88.7 Å². The number of nitrogens with one attached hydrogen (secondary N) is 1. The van der Waals surface area contributed by atoms with Crippen molar-refractivity contribution in [3.8, 4) is 0 Å². The lowest BCUT2D eigenvalue weighted by Gasteiger charge is -2.21. The molecule has 1 atom stereocenters. The van der Waals surface area contributed by atoms with Crippen molar-refractivity contribution in [1.82, 2.24) is 5.32 Å². The Balaban J connectivity index is 1.69. The summed E-state index contributed by atoms with van der Waals surface area (Å²) in [5.74, 6) is 1.11. The van der Waals surface area contributed by atoms with Gasteiger partial charge in [0.25, 0.3) is 0 Å². The van der Waals surface area contributed by atoms with Crippen molar-refractivity contribution in [2.75, 3.05) is 6.54 Å². The fourth-order valence-electron chi connectivity index (χ4n) is 2.73. The van der Waals surface area contributed by atoms with Crippen molar-refractivity contribution in [3.63, 3.8) is 0 Å². The van der Waals surface area contributed by atoms with E-state index in [4.69, 9.17) is 0 Å². The van der Waals surface area contributed by atoms with E-state index in [1.807, 2.05) is 0 Å². The third-order valence-electron chi connectivity index (χ3n) is 4.21. The number of hydrogen-bond acceptors (Lipinski definition) is 1. The van der Waals surface area contributed by atoms with E-state index in [1.54, 1.807) is 0 Å².